The molecule has 0 aliphatic carbocycles. The molecule has 1 saturated heterocycles. The molecule has 0 aromatic heterocycles. The lowest BCUT2D eigenvalue weighted by Gasteiger charge is -2.31. The van der Waals surface area contributed by atoms with Gasteiger partial charge in [0.1, 0.15) is 12.4 Å². The van der Waals surface area contributed by atoms with Gasteiger partial charge in [0.2, 0.25) is 12.3 Å². The van der Waals surface area contributed by atoms with Crippen molar-refractivity contribution in [3.05, 3.63) is 35.9 Å². The van der Waals surface area contributed by atoms with Crippen molar-refractivity contribution in [2.75, 3.05) is 19.6 Å². The highest BCUT2D eigenvalue weighted by Crippen LogP contribution is 2.16. The summed E-state index contributed by atoms with van der Waals surface area (Å²) in [5.74, 6) is 0.623. The predicted molar refractivity (Wildman–Crippen MR) is 81.0 cm³/mol. The van der Waals surface area contributed by atoms with E-state index in [1.807, 2.05) is 6.07 Å². The Morgan fingerprint density at radius 1 is 1.33 bits per heavy atom. The van der Waals surface area contributed by atoms with E-state index >= 15 is 0 Å². The molecule has 0 saturated carbocycles. The van der Waals surface area contributed by atoms with Gasteiger partial charge in [-0.15, -0.1) is 0 Å². The molecule has 0 spiro atoms. The number of hydrogen-bond acceptors (Lipinski definition) is 3. The molecule has 1 heterocycles. The van der Waals surface area contributed by atoms with E-state index in [1.165, 1.54) is 0 Å². The molecule has 1 fully saturated rings. The van der Waals surface area contributed by atoms with E-state index in [9.17, 15) is 9.59 Å². The first kappa shape index (κ1) is 15.2. The zero-order valence-corrected chi connectivity index (χ0v) is 12.3. The van der Waals surface area contributed by atoms with Gasteiger partial charge in [-0.2, -0.15) is 0 Å². The van der Waals surface area contributed by atoms with E-state index in [4.69, 9.17) is 5.41 Å². The Labute approximate surface area is 125 Å². The molecule has 1 N–H and O–H groups in total. The first-order chi connectivity index (χ1) is 10.1. The quantitative estimate of drug-likeness (QED) is 0.521. The number of carbonyl (C=O) groups excluding carboxylic acids is 2. The predicted octanol–water partition coefficient (Wildman–Crippen LogP) is 1.73. The van der Waals surface area contributed by atoms with Crippen LogP contribution >= 0.6 is 0 Å². The van der Waals surface area contributed by atoms with Gasteiger partial charge in [0, 0.05) is 18.7 Å². The second-order valence-corrected chi connectivity index (χ2v) is 5.51. The van der Waals surface area contributed by atoms with Crippen LogP contribution in [0.4, 0.5) is 0 Å². The number of amides is 2. The van der Waals surface area contributed by atoms with Gasteiger partial charge in [0.15, 0.2) is 0 Å². The number of nitrogens with zero attached hydrogens (tertiary/aromatic N) is 2. The van der Waals surface area contributed by atoms with E-state index < -0.39 is 0 Å². The maximum Gasteiger partial charge on any atom is 0.242 e. The van der Waals surface area contributed by atoms with Crippen LogP contribution in [0.25, 0.3) is 0 Å². The average Bonchev–Trinajstić information content (AvgIpc) is 2.53. The Hall–Kier alpha value is -2.17. The molecule has 112 valence electrons. The number of hydrogen-bond donors (Lipinski definition) is 1. The maximum atomic E-state index is 12.2. The molecule has 0 unspecified atom stereocenters. The molecule has 0 radical (unpaired) electrons. The number of benzene rings is 1. The lowest BCUT2D eigenvalue weighted by Crippen LogP contribution is -2.45. The van der Waals surface area contributed by atoms with Crippen molar-refractivity contribution >= 4 is 18.2 Å². The second-order valence-electron chi connectivity index (χ2n) is 5.51. The molecule has 1 aliphatic rings. The van der Waals surface area contributed by atoms with Crippen molar-refractivity contribution in [1.29, 1.82) is 5.41 Å². The largest absolute Gasteiger partial charge is 0.341 e. The Kier molecular flexibility index (Phi) is 5.09. The van der Waals surface area contributed by atoms with Crippen molar-refractivity contribution in [1.82, 2.24) is 9.80 Å². The third-order valence-corrected chi connectivity index (χ3v) is 3.90. The zero-order valence-electron chi connectivity index (χ0n) is 12.3. The Bertz CT molecular complexity index is 508. The molecular formula is C16H21N3O2. The lowest BCUT2D eigenvalue weighted by molar-refractivity contribution is -0.135. The monoisotopic (exact) mass is 287 g/mol. The molecule has 0 bridgehead atoms. The fraction of sp³-hybridized carbons (Fsp3) is 0.438. The highest BCUT2D eigenvalue weighted by atomic mass is 16.2. The van der Waals surface area contributed by atoms with Crippen molar-refractivity contribution in [2.24, 2.45) is 5.92 Å². The van der Waals surface area contributed by atoms with Crippen molar-refractivity contribution in [2.45, 2.75) is 19.8 Å². The summed E-state index contributed by atoms with van der Waals surface area (Å²) in [6, 6.07) is 8.97. The Morgan fingerprint density at radius 2 is 1.95 bits per heavy atom. The first-order valence-electron chi connectivity index (χ1n) is 7.25. The Morgan fingerprint density at radius 3 is 2.52 bits per heavy atom. The number of piperidine rings is 1. The van der Waals surface area contributed by atoms with Crippen LogP contribution in [0.15, 0.2) is 30.3 Å². The van der Waals surface area contributed by atoms with Gasteiger partial charge in [0.05, 0.1) is 0 Å². The van der Waals surface area contributed by atoms with Gasteiger partial charge < -0.3 is 4.90 Å². The van der Waals surface area contributed by atoms with Crippen LogP contribution < -0.4 is 0 Å². The van der Waals surface area contributed by atoms with Gasteiger partial charge >= 0.3 is 0 Å². The van der Waals surface area contributed by atoms with Crippen LogP contribution in [0, 0.1) is 11.3 Å². The van der Waals surface area contributed by atoms with Crippen LogP contribution in [-0.4, -0.2) is 47.6 Å². The fourth-order valence-electron chi connectivity index (χ4n) is 2.43. The Balaban J connectivity index is 1.97. The minimum Gasteiger partial charge on any atom is -0.341 e. The summed E-state index contributed by atoms with van der Waals surface area (Å²) in [7, 11) is 0. The highest BCUT2D eigenvalue weighted by molar-refractivity contribution is 6.03. The molecule has 21 heavy (non-hydrogen) atoms. The van der Waals surface area contributed by atoms with Gasteiger partial charge in [-0.3, -0.25) is 19.9 Å². The molecule has 0 atom stereocenters. The summed E-state index contributed by atoms with van der Waals surface area (Å²) in [6.45, 7) is 3.60. The van der Waals surface area contributed by atoms with Gasteiger partial charge in [-0.05, 0) is 18.8 Å². The van der Waals surface area contributed by atoms with Gasteiger partial charge in [-0.1, -0.05) is 37.3 Å². The molecule has 2 rings (SSSR count). The number of amidine groups is 1. The van der Waals surface area contributed by atoms with Crippen LogP contribution in [0.5, 0.6) is 0 Å². The van der Waals surface area contributed by atoms with Crippen LogP contribution in [0.3, 0.4) is 0 Å². The maximum absolute atomic E-state index is 12.2. The summed E-state index contributed by atoms with van der Waals surface area (Å²) in [6.07, 6.45) is 2.56. The highest BCUT2D eigenvalue weighted by Gasteiger charge is 2.23. The summed E-state index contributed by atoms with van der Waals surface area (Å²) < 4.78 is 0. The van der Waals surface area contributed by atoms with Crippen molar-refractivity contribution < 1.29 is 9.59 Å². The molecule has 5 heteroatoms. The smallest absolute Gasteiger partial charge is 0.242 e. The minimum atomic E-state index is -0.0883. The fourth-order valence-corrected chi connectivity index (χ4v) is 2.43. The van der Waals surface area contributed by atoms with E-state index in [0.717, 1.165) is 30.8 Å². The standard InChI is InChI=1S/C16H21N3O2/c1-13-7-9-18(10-8-13)15(21)11-19(12-20)16(17)14-5-3-2-4-6-14/h2-6,12-13,17H,7-11H2,1H3. The van der Waals surface area contributed by atoms with Crippen molar-refractivity contribution in [3.63, 3.8) is 0 Å². The van der Waals surface area contributed by atoms with E-state index in [-0.39, 0.29) is 18.3 Å². The van der Waals surface area contributed by atoms with Gasteiger partial charge in [-0.25, -0.2) is 0 Å². The van der Waals surface area contributed by atoms with Gasteiger partial charge in [0.25, 0.3) is 0 Å². The molecule has 1 aromatic carbocycles. The third kappa shape index (κ3) is 3.90. The van der Waals surface area contributed by atoms with E-state index in [2.05, 4.69) is 6.92 Å². The van der Waals surface area contributed by atoms with Crippen molar-refractivity contribution in [3.8, 4) is 0 Å². The summed E-state index contributed by atoms with van der Waals surface area (Å²) in [4.78, 5) is 26.4. The summed E-state index contributed by atoms with van der Waals surface area (Å²) in [5, 5.41) is 8.05. The third-order valence-electron chi connectivity index (χ3n) is 3.90. The lowest BCUT2D eigenvalue weighted by atomic mass is 9.99. The summed E-state index contributed by atoms with van der Waals surface area (Å²) >= 11 is 0. The number of carbonyl (C=O) groups is 2. The second kappa shape index (κ2) is 7.02. The van der Waals surface area contributed by atoms with Crippen LogP contribution in [-0.2, 0) is 9.59 Å². The molecule has 2 amide bonds. The number of rotatable bonds is 4. The molecule has 1 aliphatic heterocycles. The molecule has 5 nitrogen and oxygen atoms in total. The van der Waals surface area contributed by atoms with Crippen LogP contribution in [0.2, 0.25) is 0 Å². The minimum absolute atomic E-state index is 0.0596. The average molecular weight is 287 g/mol. The number of likely N-dealkylation sites (tertiary alicyclic amines) is 1. The zero-order chi connectivity index (χ0) is 15.2. The molecule has 1 aromatic rings. The normalized spacial score (nSPS) is 15.6. The SMILES string of the molecule is CC1CCN(C(=O)CN(C=O)C(=N)c2ccccc2)CC1. The molecular weight excluding hydrogens is 266 g/mol. The number of nitrogens with one attached hydrogen (secondary N) is 1. The summed E-state index contributed by atoms with van der Waals surface area (Å²) in [5.41, 5.74) is 0.629. The topological polar surface area (TPSA) is 64.5 Å². The van der Waals surface area contributed by atoms with Crippen LogP contribution in [0.1, 0.15) is 25.3 Å². The van der Waals surface area contributed by atoms with E-state index in [1.54, 1.807) is 29.2 Å². The van der Waals surface area contributed by atoms with E-state index in [0.29, 0.717) is 17.9 Å². The first-order valence-corrected chi connectivity index (χ1v) is 7.25.